The van der Waals surface area contributed by atoms with Crippen LogP contribution in [0.5, 0.6) is 0 Å². The Labute approximate surface area is 130 Å². The molecule has 2 aromatic rings. The van der Waals surface area contributed by atoms with Crippen LogP contribution in [0.15, 0.2) is 53.4 Å². The van der Waals surface area contributed by atoms with E-state index in [9.17, 15) is 4.79 Å². The Bertz CT molecular complexity index is 666. The Hall–Kier alpha value is -1.74. The minimum Gasteiger partial charge on any atom is -0.308 e. The highest BCUT2D eigenvalue weighted by molar-refractivity contribution is 8.00. The molecule has 1 aliphatic rings. The Balaban J connectivity index is 1.94. The van der Waals surface area contributed by atoms with Gasteiger partial charge in [-0.05, 0) is 30.2 Å². The number of thioether (sulfide) groups is 1. The molecule has 108 valence electrons. The van der Waals surface area contributed by atoms with Crippen LogP contribution in [0.1, 0.15) is 29.8 Å². The second-order valence-electron chi connectivity index (χ2n) is 5.50. The fourth-order valence-electron chi connectivity index (χ4n) is 2.69. The van der Waals surface area contributed by atoms with Crippen LogP contribution in [-0.4, -0.2) is 17.7 Å². The standard InChI is InChI=1S/C18H19NOS/c1-13(2)21-17-10-6-4-8-15(17)18(20)19-12-11-14-7-3-5-9-16(14)19/h3-10,13H,11-12H2,1-2H3. The summed E-state index contributed by atoms with van der Waals surface area (Å²) in [6.45, 7) is 5.08. The molecule has 3 rings (SSSR count). The Morgan fingerprint density at radius 3 is 2.62 bits per heavy atom. The molecule has 21 heavy (non-hydrogen) atoms. The van der Waals surface area contributed by atoms with Crippen LogP contribution in [0.25, 0.3) is 0 Å². The molecule has 1 aliphatic heterocycles. The second-order valence-corrected chi connectivity index (χ2v) is 7.12. The van der Waals surface area contributed by atoms with Crippen LogP contribution in [0, 0.1) is 0 Å². The lowest BCUT2D eigenvalue weighted by Gasteiger charge is -2.19. The number of carbonyl (C=O) groups excluding carboxylic acids is 1. The zero-order valence-corrected chi connectivity index (χ0v) is 13.2. The lowest BCUT2D eigenvalue weighted by molar-refractivity contribution is 0.0986. The van der Waals surface area contributed by atoms with Gasteiger partial charge in [-0.3, -0.25) is 4.79 Å². The molecule has 0 bridgehead atoms. The predicted octanol–water partition coefficient (Wildman–Crippen LogP) is 4.39. The number of nitrogens with zero attached hydrogens (tertiary/aromatic N) is 1. The molecule has 0 atom stereocenters. The van der Waals surface area contributed by atoms with Crippen molar-refractivity contribution in [3.8, 4) is 0 Å². The summed E-state index contributed by atoms with van der Waals surface area (Å²) in [7, 11) is 0. The van der Waals surface area contributed by atoms with Crippen molar-refractivity contribution in [3.05, 3.63) is 59.7 Å². The van der Waals surface area contributed by atoms with E-state index >= 15 is 0 Å². The summed E-state index contributed by atoms with van der Waals surface area (Å²) in [6.07, 6.45) is 0.946. The normalized spacial score (nSPS) is 13.6. The number of para-hydroxylation sites is 1. The summed E-state index contributed by atoms with van der Waals surface area (Å²) in [5.74, 6) is 0.115. The highest BCUT2D eigenvalue weighted by atomic mass is 32.2. The maximum atomic E-state index is 12.9. The molecule has 0 aromatic heterocycles. The summed E-state index contributed by atoms with van der Waals surface area (Å²) >= 11 is 1.75. The van der Waals surface area contributed by atoms with E-state index in [-0.39, 0.29) is 5.91 Å². The molecule has 1 amide bonds. The third kappa shape index (κ3) is 2.84. The molecule has 0 saturated carbocycles. The van der Waals surface area contributed by atoms with Gasteiger partial charge < -0.3 is 4.90 Å². The van der Waals surface area contributed by atoms with Gasteiger partial charge >= 0.3 is 0 Å². The monoisotopic (exact) mass is 297 g/mol. The highest BCUT2D eigenvalue weighted by Gasteiger charge is 2.26. The zero-order chi connectivity index (χ0) is 14.8. The van der Waals surface area contributed by atoms with E-state index in [0.717, 1.165) is 29.1 Å². The van der Waals surface area contributed by atoms with Crippen LogP contribution >= 0.6 is 11.8 Å². The zero-order valence-electron chi connectivity index (χ0n) is 12.4. The molecule has 0 N–H and O–H groups in total. The lowest BCUT2D eigenvalue weighted by atomic mass is 10.1. The van der Waals surface area contributed by atoms with E-state index < -0.39 is 0 Å². The van der Waals surface area contributed by atoms with Gasteiger partial charge in [0.2, 0.25) is 0 Å². The van der Waals surface area contributed by atoms with E-state index in [1.54, 1.807) is 11.8 Å². The van der Waals surface area contributed by atoms with Crippen LogP contribution in [0.2, 0.25) is 0 Å². The van der Waals surface area contributed by atoms with Gasteiger partial charge in [0.15, 0.2) is 0 Å². The fourth-order valence-corrected chi connectivity index (χ4v) is 3.64. The Morgan fingerprint density at radius 2 is 1.81 bits per heavy atom. The van der Waals surface area contributed by atoms with Crippen molar-refractivity contribution in [2.24, 2.45) is 0 Å². The molecule has 2 aromatic carbocycles. The van der Waals surface area contributed by atoms with E-state index in [0.29, 0.717) is 5.25 Å². The predicted molar refractivity (Wildman–Crippen MR) is 89.3 cm³/mol. The summed E-state index contributed by atoms with van der Waals surface area (Å²) in [5.41, 5.74) is 3.14. The molecule has 1 heterocycles. The number of benzene rings is 2. The molecule has 0 spiro atoms. The van der Waals surface area contributed by atoms with Gasteiger partial charge in [-0.25, -0.2) is 0 Å². The summed E-state index contributed by atoms with van der Waals surface area (Å²) in [4.78, 5) is 15.9. The first-order valence-corrected chi connectivity index (χ1v) is 8.20. The van der Waals surface area contributed by atoms with Crippen LogP contribution < -0.4 is 4.90 Å². The lowest BCUT2D eigenvalue weighted by Crippen LogP contribution is -2.29. The van der Waals surface area contributed by atoms with E-state index in [1.165, 1.54) is 5.56 Å². The number of anilines is 1. The van der Waals surface area contributed by atoms with Crippen molar-refractivity contribution >= 4 is 23.4 Å². The van der Waals surface area contributed by atoms with E-state index in [1.807, 2.05) is 47.4 Å². The topological polar surface area (TPSA) is 20.3 Å². The molecule has 0 saturated heterocycles. The maximum absolute atomic E-state index is 12.9. The summed E-state index contributed by atoms with van der Waals surface area (Å²) in [6, 6.07) is 16.1. The van der Waals surface area contributed by atoms with Gasteiger partial charge in [0, 0.05) is 22.4 Å². The number of carbonyl (C=O) groups is 1. The van der Waals surface area contributed by atoms with Crippen molar-refractivity contribution in [1.82, 2.24) is 0 Å². The average molecular weight is 297 g/mol. The highest BCUT2D eigenvalue weighted by Crippen LogP contribution is 2.32. The van der Waals surface area contributed by atoms with E-state index in [2.05, 4.69) is 19.9 Å². The van der Waals surface area contributed by atoms with Gasteiger partial charge in [-0.15, -0.1) is 11.8 Å². The van der Waals surface area contributed by atoms with Gasteiger partial charge in [-0.2, -0.15) is 0 Å². The van der Waals surface area contributed by atoms with Crippen molar-refractivity contribution in [1.29, 1.82) is 0 Å². The van der Waals surface area contributed by atoms with Crippen molar-refractivity contribution in [2.45, 2.75) is 30.4 Å². The Morgan fingerprint density at radius 1 is 1.10 bits per heavy atom. The second kappa shape index (κ2) is 5.94. The van der Waals surface area contributed by atoms with Gasteiger partial charge in [0.1, 0.15) is 0 Å². The van der Waals surface area contributed by atoms with Crippen LogP contribution in [-0.2, 0) is 6.42 Å². The van der Waals surface area contributed by atoms with Gasteiger partial charge in [0.05, 0.1) is 5.56 Å². The quantitative estimate of drug-likeness (QED) is 0.783. The largest absolute Gasteiger partial charge is 0.308 e. The Kier molecular flexibility index (Phi) is 4.02. The first-order chi connectivity index (χ1) is 10.2. The van der Waals surface area contributed by atoms with Gasteiger partial charge in [-0.1, -0.05) is 44.2 Å². The molecular weight excluding hydrogens is 278 g/mol. The SMILES string of the molecule is CC(C)Sc1ccccc1C(=O)N1CCc2ccccc21. The minimum atomic E-state index is 0.115. The maximum Gasteiger partial charge on any atom is 0.259 e. The van der Waals surface area contributed by atoms with Crippen molar-refractivity contribution in [2.75, 3.05) is 11.4 Å². The van der Waals surface area contributed by atoms with Crippen LogP contribution in [0.3, 0.4) is 0 Å². The number of hydrogen-bond donors (Lipinski definition) is 0. The third-order valence-electron chi connectivity index (χ3n) is 3.61. The number of amides is 1. The fraction of sp³-hybridized carbons (Fsp3) is 0.278. The van der Waals surface area contributed by atoms with E-state index in [4.69, 9.17) is 0 Å². The molecule has 0 fully saturated rings. The first-order valence-electron chi connectivity index (χ1n) is 7.32. The molecule has 3 heteroatoms. The third-order valence-corrected chi connectivity index (χ3v) is 4.69. The average Bonchev–Trinajstić information content (AvgIpc) is 2.90. The number of rotatable bonds is 3. The van der Waals surface area contributed by atoms with Crippen LogP contribution in [0.4, 0.5) is 5.69 Å². The molecule has 2 nitrogen and oxygen atoms in total. The summed E-state index contributed by atoms with van der Waals surface area (Å²) in [5, 5.41) is 0.463. The number of hydrogen-bond acceptors (Lipinski definition) is 2. The molecule has 0 radical (unpaired) electrons. The number of fused-ring (bicyclic) bond motifs is 1. The van der Waals surface area contributed by atoms with Crippen molar-refractivity contribution in [3.63, 3.8) is 0 Å². The van der Waals surface area contributed by atoms with Gasteiger partial charge in [0.25, 0.3) is 5.91 Å². The minimum absolute atomic E-state index is 0.115. The van der Waals surface area contributed by atoms with Crippen molar-refractivity contribution < 1.29 is 4.79 Å². The molecular formula is C18H19NOS. The molecule has 0 aliphatic carbocycles. The molecule has 0 unspecified atom stereocenters. The smallest absolute Gasteiger partial charge is 0.259 e. The first kappa shape index (κ1) is 14.2. The summed E-state index contributed by atoms with van der Waals surface area (Å²) < 4.78 is 0.